The number of carbonyl (C=O) groups is 1. The van der Waals surface area contributed by atoms with Crippen molar-refractivity contribution in [2.45, 2.75) is 6.42 Å². The van der Waals surface area contributed by atoms with Crippen LogP contribution >= 0.6 is 0 Å². The van der Waals surface area contributed by atoms with Crippen molar-refractivity contribution in [2.75, 3.05) is 20.2 Å². The molecule has 0 aliphatic heterocycles. The Bertz CT molecular complexity index is 499. The molecule has 19 heavy (non-hydrogen) atoms. The monoisotopic (exact) mass is 260 g/mol. The number of carbonyl (C=O) groups excluding carboxylic acids is 1. The van der Waals surface area contributed by atoms with Crippen LogP contribution in [0.1, 0.15) is 17.0 Å². The predicted molar refractivity (Wildman–Crippen MR) is 69.9 cm³/mol. The second kappa shape index (κ2) is 6.53. The van der Waals surface area contributed by atoms with Crippen molar-refractivity contribution >= 4 is 5.91 Å². The van der Waals surface area contributed by atoms with Gasteiger partial charge in [0.2, 0.25) is 5.82 Å². The number of H-pyrrole nitrogens is 1. The van der Waals surface area contributed by atoms with Gasteiger partial charge in [-0.2, -0.15) is 5.10 Å². The molecule has 0 radical (unpaired) electrons. The SMILES string of the molecule is CN(CCCOc1ccccc1)C(=O)c1ncn[nH]1. The molecule has 1 heterocycles. The Labute approximate surface area is 111 Å². The highest BCUT2D eigenvalue weighted by Gasteiger charge is 2.13. The van der Waals surface area contributed by atoms with Gasteiger partial charge in [0.15, 0.2) is 0 Å². The summed E-state index contributed by atoms with van der Waals surface area (Å²) in [4.78, 5) is 17.2. The Morgan fingerprint density at radius 3 is 2.84 bits per heavy atom. The van der Waals surface area contributed by atoms with Crippen molar-refractivity contribution in [3.8, 4) is 5.75 Å². The van der Waals surface area contributed by atoms with E-state index in [1.165, 1.54) is 6.33 Å². The minimum absolute atomic E-state index is 0.169. The summed E-state index contributed by atoms with van der Waals surface area (Å²) in [5, 5.41) is 6.20. The van der Waals surface area contributed by atoms with Gasteiger partial charge in [-0.3, -0.25) is 9.89 Å². The van der Waals surface area contributed by atoms with Crippen molar-refractivity contribution in [1.82, 2.24) is 20.1 Å². The lowest BCUT2D eigenvalue weighted by atomic mass is 10.3. The summed E-state index contributed by atoms with van der Waals surface area (Å²) in [5.74, 6) is 0.926. The highest BCUT2D eigenvalue weighted by Crippen LogP contribution is 2.08. The van der Waals surface area contributed by atoms with Crippen LogP contribution < -0.4 is 4.74 Å². The largest absolute Gasteiger partial charge is 0.494 e. The van der Waals surface area contributed by atoms with Gasteiger partial charge in [-0.1, -0.05) is 18.2 Å². The van der Waals surface area contributed by atoms with E-state index in [0.29, 0.717) is 13.2 Å². The molecule has 100 valence electrons. The van der Waals surface area contributed by atoms with E-state index >= 15 is 0 Å². The highest BCUT2D eigenvalue weighted by molar-refractivity contribution is 5.90. The van der Waals surface area contributed by atoms with Gasteiger partial charge in [0, 0.05) is 13.6 Å². The zero-order chi connectivity index (χ0) is 13.5. The first-order valence-electron chi connectivity index (χ1n) is 6.06. The standard InChI is InChI=1S/C13H16N4O2/c1-17(13(18)12-14-10-15-16-12)8-5-9-19-11-6-3-2-4-7-11/h2-4,6-7,10H,5,8-9H2,1H3,(H,14,15,16). The number of amides is 1. The molecule has 0 fully saturated rings. The molecule has 0 aliphatic carbocycles. The van der Waals surface area contributed by atoms with Crippen LogP contribution in [-0.2, 0) is 0 Å². The quantitative estimate of drug-likeness (QED) is 0.796. The average Bonchev–Trinajstić information content (AvgIpc) is 2.98. The third kappa shape index (κ3) is 3.80. The van der Waals surface area contributed by atoms with Crippen LogP contribution in [0.2, 0.25) is 0 Å². The Kier molecular flexibility index (Phi) is 4.49. The second-order valence-corrected chi connectivity index (χ2v) is 4.08. The predicted octanol–water partition coefficient (Wildman–Crippen LogP) is 1.35. The summed E-state index contributed by atoms with van der Waals surface area (Å²) in [7, 11) is 1.73. The summed E-state index contributed by atoms with van der Waals surface area (Å²) >= 11 is 0. The summed E-state index contributed by atoms with van der Waals surface area (Å²) in [6.07, 6.45) is 2.07. The molecule has 1 amide bonds. The molecule has 0 bridgehead atoms. The summed E-state index contributed by atoms with van der Waals surface area (Å²) in [5.41, 5.74) is 0. The molecule has 2 aromatic rings. The molecule has 1 aromatic carbocycles. The van der Waals surface area contributed by atoms with Crippen LogP contribution in [0.4, 0.5) is 0 Å². The van der Waals surface area contributed by atoms with Gasteiger partial charge in [0.25, 0.3) is 5.91 Å². The van der Waals surface area contributed by atoms with Crippen molar-refractivity contribution in [3.05, 3.63) is 42.5 Å². The van der Waals surface area contributed by atoms with E-state index in [9.17, 15) is 4.79 Å². The molecule has 6 heteroatoms. The number of hydrogen-bond acceptors (Lipinski definition) is 4. The lowest BCUT2D eigenvalue weighted by Gasteiger charge is -2.15. The molecular formula is C13H16N4O2. The first-order chi connectivity index (χ1) is 9.27. The number of nitrogens with zero attached hydrogens (tertiary/aromatic N) is 3. The molecule has 1 N–H and O–H groups in total. The number of aromatic nitrogens is 3. The number of nitrogens with one attached hydrogen (secondary N) is 1. The van der Waals surface area contributed by atoms with Gasteiger partial charge in [0.1, 0.15) is 12.1 Å². The van der Waals surface area contributed by atoms with Crippen LogP contribution in [0.5, 0.6) is 5.75 Å². The van der Waals surface area contributed by atoms with Gasteiger partial charge in [-0.25, -0.2) is 4.98 Å². The average molecular weight is 260 g/mol. The van der Waals surface area contributed by atoms with Crippen molar-refractivity contribution < 1.29 is 9.53 Å². The van der Waals surface area contributed by atoms with Gasteiger partial charge in [-0.15, -0.1) is 0 Å². The highest BCUT2D eigenvalue weighted by atomic mass is 16.5. The van der Waals surface area contributed by atoms with E-state index in [1.54, 1.807) is 11.9 Å². The molecule has 0 aliphatic rings. The summed E-state index contributed by atoms with van der Waals surface area (Å²) in [6.45, 7) is 1.17. The van der Waals surface area contributed by atoms with E-state index < -0.39 is 0 Å². The number of ether oxygens (including phenoxy) is 1. The van der Waals surface area contributed by atoms with Crippen LogP contribution in [0.15, 0.2) is 36.7 Å². The molecule has 2 rings (SSSR count). The van der Waals surface area contributed by atoms with Gasteiger partial charge in [-0.05, 0) is 18.6 Å². The molecule has 0 saturated heterocycles. The van der Waals surface area contributed by atoms with E-state index in [-0.39, 0.29) is 11.7 Å². The normalized spacial score (nSPS) is 10.2. The fourth-order valence-corrected chi connectivity index (χ4v) is 1.60. The molecule has 6 nitrogen and oxygen atoms in total. The van der Waals surface area contributed by atoms with Crippen molar-refractivity contribution in [3.63, 3.8) is 0 Å². The topological polar surface area (TPSA) is 71.1 Å². The third-order valence-electron chi connectivity index (χ3n) is 2.61. The lowest BCUT2D eigenvalue weighted by molar-refractivity contribution is 0.0776. The number of para-hydroxylation sites is 1. The van der Waals surface area contributed by atoms with E-state index in [0.717, 1.165) is 12.2 Å². The summed E-state index contributed by atoms with van der Waals surface area (Å²) in [6, 6.07) is 9.60. The number of aromatic amines is 1. The molecule has 0 spiro atoms. The van der Waals surface area contributed by atoms with Gasteiger partial charge in [0.05, 0.1) is 6.61 Å². The van der Waals surface area contributed by atoms with Crippen LogP contribution in [-0.4, -0.2) is 46.2 Å². The molecule has 0 unspecified atom stereocenters. The smallest absolute Gasteiger partial charge is 0.290 e. The molecular weight excluding hydrogens is 244 g/mol. The maximum Gasteiger partial charge on any atom is 0.290 e. The van der Waals surface area contributed by atoms with E-state index in [4.69, 9.17) is 4.74 Å². The third-order valence-corrected chi connectivity index (χ3v) is 2.61. The first-order valence-corrected chi connectivity index (χ1v) is 6.06. The summed E-state index contributed by atoms with van der Waals surface area (Å²) < 4.78 is 5.55. The van der Waals surface area contributed by atoms with Crippen LogP contribution in [0, 0.1) is 0 Å². The van der Waals surface area contributed by atoms with Crippen LogP contribution in [0.3, 0.4) is 0 Å². The number of benzene rings is 1. The fraction of sp³-hybridized carbons (Fsp3) is 0.308. The Morgan fingerprint density at radius 2 is 2.16 bits per heavy atom. The number of hydrogen-bond donors (Lipinski definition) is 1. The maximum absolute atomic E-state index is 11.8. The second-order valence-electron chi connectivity index (χ2n) is 4.08. The van der Waals surface area contributed by atoms with Crippen molar-refractivity contribution in [2.24, 2.45) is 0 Å². The maximum atomic E-state index is 11.8. The van der Waals surface area contributed by atoms with Gasteiger partial charge < -0.3 is 9.64 Å². The van der Waals surface area contributed by atoms with E-state index in [2.05, 4.69) is 15.2 Å². The molecule has 1 aromatic heterocycles. The zero-order valence-corrected chi connectivity index (χ0v) is 10.7. The zero-order valence-electron chi connectivity index (χ0n) is 10.7. The van der Waals surface area contributed by atoms with E-state index in [1.807, 2.05) is 30.3 Å². The lowest BCUT2D eigenvalue weighted by Crippen LogP contribution is -2.29. The van der Waals surface area contributed by atoms with Crippen LogP contribution in [0.25, 0.3) is 0 Å². The molecule has 0 atom stereocenters. The minimum atomic E-state index is -0.169. The fourth-order valence-electron chi connectivity index (χ4n) is 1.60. The Hall–Kier alpha value is -2.37. The minimum Gasteiger partial charge on any atom is -0.494 e. The van der Waals surface area contributed by atoms with Gasteiger partial charge >= 0.3 is 0 Å². The molecule has 0 saturated carbocycles. The first kappa shape index (κ1) is 13.1. The Morgan fingerprint density at radius 1 is 1.37 bits per heavy atom. The van der Waals surface area contributed by atoms with Crippen molar-refractivity contribution in [1.29, 1.82) is 0 Å². The number of rotatable bonds is 6. The Balaban J connectivity index is 1.70.